The number of nitriles is 1. The Hall–Kier alpha value is -2.15. The SMILES string of the molecule is CC(C)(C)C(=O)[C@H]1C[C@@H](C#N)[C@@H]2c3ccccc3C=NN12. The summed E-state index contributed by atoms with van der Waals surface area (Å²) in [6.07, 6.45) is 2.36. The van der Waals surface area contributed by atoms with Crippen molar-refractivity contribution in [1.82, 2.24) is 5.01 Å². The number of hydrogen-bond acceptors (Lipinski definition) is 4. The summed E-state index contributed by atoms with van der Waals surface area (Å²) in [4.78, 5) is 12.7. The van der Waals surface area contributed by atoms with Crippen molar-refractivity contribution in [3.63, 3.8) is 0 Å². The molecule has 1 fully saturated rings. The molecule has 4 heteroatoms. The number of rotatable bonds is 1. The van der Waals surface area contributed by atoms with Gasteiger partial charge in [0.2, 0.25) is 0 Å². The fourth-order valence-electron chi connectivity index (χ4n) is 3.24. The van der Waals surface area contributed by atoms with E-state index in [4.69, 9.17) is 0 Å². The summed E-state index contributed by atoms with van der Waals surface area (Å²) in [6.45, 7) is 5.77. The van der Waals surface area contributed by atoms with Gasteiger partial charge in [0.05, 0.1) is 24.2 Å². The van der Waals surface area contributed by atoms with Gasteiger partial charge >= 0.3 is 0 Å². The molecule has 4 nitrogen and oxygen atoms in total. The zero-order valence-electron chi connectivity index (χ0n) is 12.6. The van der Waals surface area contributed by atoms with E-state index < -0.39 is 5.41 Å². The molecule has 21 heavy (non-hydrogen) atoms. The Labute approximate surface area is 125 Å². The Morgan fingerprint density at radius 1 is 1.38 bits per heavy atom. The minimum Gasteiger partial charge on any atom is -0.297 e. The second-order valence-electron chi connectivity index (χ2n) is 6.80. The fraction of sp³-hybridized carbons (Fsp3) is 0.471. The maximum absolute atomic E-state index is 12.7. The molecule has 108 valence electrons. The van der Waals surface area contributed by atoms with E-state index in [0.29, 0.717) is 6.42 Å². The van der Waals surface area contributed by atoms with Gasteiger partial charge in [0.25, 0.3) is 0 Å². The summed E-state index contributed by atoms with van der Waals surface area (Å²) < 4.78 is 0. The molecular weight excluding hydrogens is 262 g/mol. The highest BCUT2D eigenvalue weighted by atomic mass is 16.1. The van der Waals surface area contributed by atoms with Gasteiger partial charge in [-0.15, -0.1) is 0 Å². The minimum atomic E-state index is -0.425. The molecule has 3 atom stereocenters. The molecule has 2 heterocycles. The molecule has 0 spiro atoms. The molecule has 1 aromatic rings. The Morgan fingerprint density at radius 2 is 2.10 bits per heavy atom. The number of hydrogen-bond donors (Lipinski definition) is 0. The van der Waals surface area contributed by atoms with Crippen molar-refractivity contribution >= 4 is 12.0 Å². The van der Waals surface area contributed by atoms with Crippen molar-refractivity contribution in [2.45, 2.75) is 39.3 Å². The Balaban J connectivity index is 2.03. The van der Waals surface area contributed by atoms with Crippen LogP contribution in [0.15, 0.2) is 29.4 Å². The molecule has 0 aromatic heterocycles. The molecule has 0 N–H and O–H groups in total. The van der Waals surface area contributed by atoms with Crippen LogP contribution in [0.4, 0.5) is 0 Å². The van der Waals surface area contributed by atoms with Crippen LogP contribution in [0.1, 0.15) is 44.4 Å². The van der Waals surface area contributed by atoms with Crippen LogP contribution in [0.2, 0.25) is 0 Å². The molecule has 0 saturated carbocycles. The Bertz CT molecular complexity index is 651. The quantitative estimate of drug-likeness (QED) is 0.795. The molecule has 2 aliphatic heterocycles. The monoisotopic (exact) mass is 281 g/mol. The number of nitrogens with zero attached hydrogens (tertiary/aromatic N) is 3. The largest absolute Gasteiger partial charge is 0.297 e. The molecule has 0 bridgehead atoms. The van der Waals surface area contributed by atoms with Crippen molar-refractivity contribution < 1.29 is 4.79 Å². The van der Waals surface area contributed by atoms with Crippen molar-refractivity contribution in [2.75, 3.05) is 0 Å². The topological polar surface area (TPSA) is 56.5 Å². The van der Waals surface area contributed by atoms with Gasteiger partial charge in [-0.05, 0) is 17.5 Å². The smallest absolute Gasteiger partial charge is 0.162 e. The van der Waals surface area contributed by atoms with Crippen LogP contribution in [0.3, 0.4) is 0 Å². The predicted molar refractivity (Wildman–Crippen MR) is 80.6 cm³/mol. The van der Waals surface area contributed by atoms with Crippen molar-refractivity contribution in [2.24, 2.45) is 16.4 Å². The van der Waals surface area contributed by atoms with Gasteiger partial charge in [0.15, 0.2) is 5.78 Å². The van der Waals surface area contributed by atoms with Crippen LogP contribution in [-0.2, 0) is 4.79 Å². The standard InChI is InChI=1S/C17H19N3O/c1-17(2,3)16(21)14-8-12(9-18)15-13-7-5-4-6-11(13)10-19-20(14)15/h4-7,10,12,14-15H,8H2,1-3H3/t12-,14+,15+/m0/s1. The first-order valence-electron chi connectivity index (χ1n) is 7.28. The maximum Gasteiger partial charge on any atom is 0.162 e. The number of hydrazone groups is 1. The normalized spacial score (nSPS) is 27.0. The summed E-state index contributed by atoms with van der Waals surface area (Å²) in [5.74, 6) is -0.0401. The van der Waals surface area contributed by atoms with Gasteiger partial charge in [-0.2, -0.15) is 10.4 Å². The van der Waals surface area contributed by atoms with E-state index in [9.17, 15) is 10.1 Å². The lowest BCUT2D eigenvalue weighted by molar-refractivity contribution is -0.131. The predicted octanol–water partition coefficient (Wildman–Crippen LogP) is 2.90. The van der Waals surface area contributed by atoms with Crippen molar-refractivity contribution in [3.8, 4) is 6.07 Å². The van der Waals surface area contributed by atoms with Crippen LogP contribution in [0.25, 0.3) is 0 Å². The zero-order chi connectivity index (χ0) is 15.2. The van der Waals surface area contributed by atoms with Crippen LogP contribution in [-0.4, -0.2) is 23.0 Å². The average molecular weight is 281 g/mol. The second kappa shape index (κ2) is 4.70. The average Bonchev–Trinajstić information content (AvgIpc) is 2.84. The molecule has 1 aromatic carbocycles. The van der Waals surface area contributed by atoms with Gasteiger partial charge in [0, 0.05) is 5.41 Å². The molecular formula is C17H19N3O. The zero-order valence-corrected chi connectivity index (χ0v) is 12.6. The molecule has 0 radical (unpaired) electrons. The van der Waals surface area contributed by atoms with Crippen LogP contribution < -0.4 is 0 Å². The molecule has 3 rings (SSSR count). The lowest BCUT2D eigenvalue weighted by Crippen LogP contribution is -2.41. The summed E-state index contributed by atoms with van der Waals surface area (Å²) in [7, 11) is 0. The number of ketones is 1. The van der Waals surface area contributed by atoms with Crippen molar-refractivity contribution in [1.29, 1.82) is 5.26 Å². The van der Waals surface area contributed by atoms with E-state index >= 15 is 0 Å². The highest BCUT2D eigenvalue weighted by molar-refractivity contribution is 5.90. The maximum atomic E-state index is 12.7. The van der Waals surface area contributed by atoms with E-state index in [1.807, 2.05) is 50.0 Å². The lowest BCUT2D eigenvalue weighted by Gasteiger charge is -2.33. The molecule has 0 amide bonds. The third-order valence-electron chi connectivity index (χ3n) is 4.32. The summed E-state index contributed by atoms with van der Waals surface area (Å²) in [5.41, 5.74) is 1.72. The highest BCUT2D eigenvalue weighted by Crippen LogP contribution is 2.45. The molecule has 2 aliphatic rings. The number of carbonyl (C=O) groups excluding carboxylic acids is 1. The van der Waals surface area contributed by atoms with Crippen LogP contribution >= 0.6 is 0 Å². The first-order chi connectivity index (χ1) is 9.93. The van der Waals surface area contributed by atoms with E-state index in [-0.39, 0.29) is 23.8 Å². The van der Waals surface area contributed by atoms with Gasteiger partial charge in [0.1, 0.15) is 6.04 Å². The Kier molecular flexibility index (Phi) is 3.09. The van der Waals surface area contributed by atoms with Crippen LogP contribution in [0.5, 0.6) is 0 Å². The number of benzene rings is 1. The lowest BCUT2D eigenvalue weighted by atomic mass is 9.84. The fourth-order valence-corrected chi connectivity index (χ4v) is 3.24. The summed E-state index contributed by atoms with van der Waals surface area (Å²) in [6, 6.07) is 9.95. The third kappa shape index (κ3) is 2.13. The van der Waals surface area contributed by atoms with E-state index in [1.54, 1.807) is 6.21 Å². The molecule has 1 saturated heterocycles. The Morgan fingerprint density at radius 3 is 2.76 bits per heavy atom. The highest BCUT2D eigenvalue weighted by Gasteiger charge is 2.48. The van der Waals surface area contributed by atoms with Crippen molar-refractivity contribution in [3.05, 3.63) is 35.4 Å². The molecule has 0 aliphatic carbocycles. The number of fused-ring (bicyclic) bond motifs is 3. The van der Waals surface area contributed by atoms with Gasteiger partial charge < -0.3 is 0 Å². The van der Waals surface area contributed by atoms with E-state index in [0.717, 1.165) is 11.1 Å². The van der Waals surface area contributed by atoms with Crippen LogP contribution in [0, 0.1) is 22.7 Å². The molecule has 0 unspecified atom stereocenters. The van der Waals surface area contributed by atoms with Gasteiger partial charge in [-0.3, -0.25) is 9.80 Å². The minimum absolute atomic E-state index is 0.104. The first kappa shape index (κ1) is 13.8. The number of carbonyl (C=O) groups is 1. The summed E-state index contributed by atoms with van der Waals surface area (Å²) in [5, 5.41) is 15.8. The first-order valence-corrected chi connectivity index (χ1v) is 7.28. The number of Topliss-reactive ketones (excluding diaryl/α,β-unsaturated/α-hetero) is 1. The van der Waals surface area contributed by atoms with E-state index in [1.165, 1.54) is 0 Å². The van der Waals surface area contributed by atoms with Gasteiger partial charge in [-0.1, -0.05) is 45.0 Å². The third-order valence-corrected chi connectivity index (χ3v) is 4.32. The second-order valence-corrected chi connectivity index (χ2v) is 6.80. The summed E-state index contributed by atoms with van der Waals surface area (Å²) >= 11 is 0. The van der Waals surface area contributed by atoms with E-state index in [2.05, 4.69) is 11.2 Å². The van der Waals surface area contributed by atoms with Gasteiger partial charge in [-0.25, -0.2) is 0 Å².